The number of carbonyl (C=O) groups excluding carboxylic acids is 2. The average Bonchev–Trinajstić information content (AvgIpc) is 2.71. The number of hydrogen-bond acceptors (Lipinski definition) is 6. The van der Waals surface area contributed by atoms with Crippen LogP contribution in [-0.2, 0) is 0 Å². The number of methoxy groups -OCH3 is 3. The largest absolute Gasteiger partial charge is 0.493 e. The van der Waals surface area contributed by atoms with Crippen molar-refractivity contribution in [3.05, 3.63) is 47.5 Å². The van der Waals surface area contributed by atoms with Crippen molar-refractivity contribution in [2.24, 2.45) is 0 Å². The van der Waals surface area contributed by atoms with E-state index in [4.69, 9.17) is 18.9 Å². The van der Waals surface area contributed by atoms with Crippen LogP contribution in [0.5, 0.6) is 23.0 Å². The van der Waals surface area contributed by atoms with E-state index in [1.54, 1.807) is 30.3 Å². The number of ether oxygens (including phenoxy) is 4. The van der Waals surface area contributed by atoms with E-state index in [1.807, 2.05) is 6.92 Å². The zero-order chi connectivity index (χ0) is 19.8. The van der Waals surface area contributed by atoms with Crippen LogP contribution in [0.2, 0.25) is 0 Å². The topological polar surface area (TPSA) is 95.1 Å². The van der Waals surface area contributed by atoms with E-state index in [0.29, 0.717) is 29.4 Å². The number of rotatable bonds is 7. The quantitative estimate of drug-likeness (QED) is 0.722. The van der Waals surface area contributed by atoms with E-state index in [2.05, 4.69) is 10.9 Å². The molecule has 0 fully saturated rings. The zero-order valence-corrected chi connectivity index (χ0v) is 15.6. The molecule has 144 valence electrons. The molecule has 0 aliphatic carbocycles. The van der Waals surface area contributed by atoms with Crippen LogP contribution in [0.15, 0.2) is 36.4 Å². The summed E-state index contributed by atoms with van der Waals surface area (Å²) in [6, 6.07) is 9.60. The molecule has 0 radical (unpaired) electrons. The molecule has 0 aliphatic rings. The van der Waals surface area contributed by atoms with Gasteiger partial charge in [-0.3, -0.25) is 20.4 Å². The van der Waals surface area contributed by atoms with Crippen LogP contribution in [0.4, 0.5) is 0 Å². The Bertz CT molecular complexity index is 822. The summed E-state index contributed by atoms with van der Waals surface area (Å²) >= 11 is 0. The molecule has 0 spiro atoms. The predicted molar refractivity (Wildman–Crippen MR) is 98.6 cm³/mol. The standard InChI is InChI=1S/C19H22N2O6/c1-5-27-14-10-9-12(11-16(14)25-3)18(22)20-21-19(23)13-7-6-8-15(24-2)17(13)26-4/h6-11H,5H2,1-4H3,(H,20,22)(H,21,23). The van der Waals surface area contributed by atoms with E-state index in [0.717, 1.165) is 0 Å². The number of hydrogen-bond donors (Lipinski definition) is 2. The molecular weight excluding hydrogens is 352 g/mol. The van der Waals surface area contributed by atoms with Gasteiger partial charge in [0.15, 0.2) is 23.0 Å². The van der Waals surface area contributed by atoms with Crippen LogP contribution in [-0.4, -0.2) is 39.8 Å². The van der Waals surface area contributed by atoms with Gasteiger partial charge in [-0.05, 0) is 37.3 Å². The van der Waals surface area contributed by atoms with Crippen molar-refractivity contribution in [3.8, 4) is 23.0 Å². The average molecular weight is 374 g/mol. The summed E-state index contributed by atoms with van der Waals surface area (Å²) in [5, 5.41) is 0. The molecule has 2 N–H and O–H groups in total. The molecule has 27 heavy (non-hydrogen) atoms. The summed E-state index contributed by atoms with van der Waals surface area (Å²) in [5.74, 6) is 0.581. The first-order valence-electron chi connectivity index (χ1n) is 8.18. The van der Waals surface area contributed by atoms with Gasteiger partial charge < -0.3 is 18.9 Å². The normalized spacial score (nSPS) is 9.93. The van der Waals surface area contributed by atoms with Crippen LogP contribution in [0.25, 0.3) is 0 Å². The van der Waals surface area contributed by atoms with E-state index in [-0.39, 0.29) is 11.3 Å². The summed E-state index contributed by atoms with van der Waals surface area (Å²) in [4.78, 5) is 24.7. The SMILES string of the molecule is CCOc1ccc(C(=O)NNC(=O)c2cccc(OC)c2OC)cc1OC. The van der Waals surface area contributed by atoms with Crippen LogP contribution in [0.1, 0.15) is 27.6 Å². The third-order valence-corrected chi connectivity index (χ3v) is 3.66. The van der Waals surface area contributed by atoms with Crippen LogP contribution < -0.4 is 29.8 Å². The van der Waals surface area contributed by atoms with Crippen LogP contribution in [0.3, 0.4) is 0 Å². The minimum atomic E-state index is -0.544. The lowest BCUT2D eigenvalue weighted by Crippen LogP contribution is -2.41. The second kappa shape index (κ2) is 9.33. The van der Waals surface area contributed by atoms with Gasteiger partial charge in [-0.1, -0.05) is 6.07 Å². The van der Waals surface area contributed by atoms with Gasteiger partial charge in [-0.25, -0.2) is 0 Å². The molecule has 0 aromatic heterocycles. The second-order valence-electron chi connectivity index (χ2n) is 5.25. The first-order valence-corrected chi connectivity index (χ1v) is 8.18. The number of amides is 2. The number of carbonyl (C=O) groups is 2. The van der Waals surface area contributed by atoms with Gasteiger partial charge in [0.1, 0.15) is 0 Å². The Hall–Kier alpha value is -3.42. The maximum absolute atomic E-state index is 12.4. The Labute approximate surface area is 157 Å². The fraction of sp³-hybridized carbons (Fsp3) is 0.263. The highest BCUT2D eigenvalue weighted by atomic mass is 16.5. The minimum Gasteiger partial charge on any atom is -0.493 e. The van der Waals surface area contributed by atoms with Gasteiger partial charge in [0.2, 0.25) is 0 Å². The minimum absolute atomic E-state index is 0.224. The van der Waals surface area contributed by atoms with Crippen molar-refractivity contribution < 1.29 is 28.5 Å². The highest BCUT2D eigenvalue weighted by molar-refractivity contribution is 6.01. The van der Waals surface area contributed by atoms with E-state index in [9.17, 15) is 9.59 Å². The third-order valence-electron chi connectivity index (χ3n) is 3.66. The smallest absolute Gasteiger partial charge is 0.273 e. The summed E-state index contributed by atoms with van der Waals surface area (Å²) in [5.41, 5.74) is 5.23. The Morgan fingerprint density at radius 1 is 0.852 bits per heavy atom. The van der Waals surface area contributed by atoms with Crippen LogP contribution in [0, 0.1) is 0 Å². The molecule has 0 unspecified atom stereocenters. The predicted octanol–water partition coefficient (Wildman–Crippen LogP) is 2.19. The van der Waals surface area contributed by atoms with E-state index >= 15 is 0 Å². The monoisotopic (exact) mass is 374 g/mol. The van der Waals surface area contributed by atoms with Crippen molar-refractivity contribution in [1.82, 2.24) is 10.9 Å². The first kappa shape index (κ1) is 19.9. The lowest BCUT2D eigenvalue weighted by molar-refractivity contribution is 0.0844. The summed E-state index contributed by atoms with van der Waals surface area (Å²) < 4.78 is 21.0. The van der Waals surface area contributed by atoms with Gasteiger partial charge in [0.25, 0.3) is 11.8 Å². The molecule has 0 saturated heterocycles. The first-order chi connectivity index (χ1) is 13.0. The molecular formula is C19H22N2O6. The summed E-state index contributed by atoms with van der Waals surface area (Å²) in [6.07, 6.45) is 0. The maximum atomic E-state index is 12.4. The maximum Gasteiger partial charge on any atom is 0.273 e. The molecule has 2 amide bonds. The molecule has 8 heteroatoms. The van der Waals surface area contributed by atoms with Gasteiger partial charge in [0.05, 0.1) is 33.5 Å². The number of benzene rings is 2. The molecule has 2 aromatic carbocycles. The van der Waals surface area contributed by atoms with Crippen molar-refractivity contribution >= 4 is 11.8 Å². The van der Waals surface area contributed by atoms with Crippen molar-refractivity contribution in [2.75, 3.05) is 27.9 Å². The van der Waals surface area contributed by atoms with Crippen molar-refractivity contribution in [3.63, 3.8) is 0 Å². The highest BCUT2D eigenvalue weighted by Crippen LogP contribution is 2.30. The fourth-order valence-corrected chi connectivity index (χ4v) is 2.40. The number of hydrazine groups is 1. The van der Waals surface area contributed by atoms with E-state index < -0.39 is 11.8 Å². The van der Waals surface area contributed by atoms with Crippen molar-refractivity contribution in [1.29, 1.82) is 0 Å². The zero-order valence-electron chi connectivity index (χ0n) is 15.6. The second-order valence-corrected chi connectivity index (χ2v) is 5.25. The van der Waals surface area contributed by atoms with Crippen LogP contribution >= 0.6 is 0 Å². The fourth-order valence-electron chi connectivity index (χ4n) is 2.40. The Balaban J connectivity index is 2.11. The summed E-state index contributed by atoms with van der Waals surface area (Å²) in [6.45, 7) is 2.32. The Kier molecular flexibility index (Phi) is 6.87. The van der Waals surface area contributed by atoms with Gasteiger partial charge in [-0.15, -0.1) is 0 Å². The third kappa shape index (κ3) is 4.60. The van der Waals surface area contributed by atoms with Gasteiger partial charge in [0, 0.05) is 5.56 Å². The molecule has 0 atom stereocenters. The molecule has 8 nitrogen and oxygen atoms in total. The molecule has 2 aromatic rings. The van der Waals surface area contributed by atoms with Crippen molar-refractivity contribution in [2.45, 2.75) is 6.92 Å². The molecule has 0 saturated carbocycles. The molecule has 0 aliphatic heterocycles. The Morgan fingerprint density at radius 2 is 1.56 bits per heavy atom. The molecule has 0 bridgehead atoms. The lowest BCUT2D eigenvalue weighted by Gasteiger charge is -2.14. The van der Waals surface area contributed by atoms with Gasteiger partial charge >= 0.3 is 0 Å². The summed E-state index contributed by atoms with van der Waals surface area (Å²) in [7, 11) is 4.39. The van der Waals surface area contributed by atoms with Gasteiger partial charge in [-0.2, -0.15) is 0 Å². The molecule has 2 rings (SSSR count). The Morgan fingerprint density at radius 3 is 2.19 bits per heavy atom. The lowest BCUT2D eigenvalue weighted by atomic mass is 10.1. The molecule has 0 heterocycles. The number of nitrogens with one attached hydrogen (secondary N) is 2. The number of para-hydroxylation sites is 1. The van der Waals surface area contributed by atoms with E-state index in [1.165, 1.54) is 27.4 Å². The highest BCUT2D eigenvalue weighted by Gasteiger charge is 2.17.